The van der Waals surface area contributed by atoms with E-state index in [4.69, 9.17) is 10.1 Å². The van der Waals surface area contributed by atoms with Crippen molar-refractivity contribution in [3.63, 3.8) is 0 Å². The van der Waals surface area contributed by atoms with Crippen LogP contribution in [0.2, 0.25) is 0 Å². The van der Waals surface area contributed by atoms with Gasteiger partial charge in [0.25, 0.3) is 0 Å². The van der Waals surface area contributed by atoms with E-state index >= 15 is 0 Å². The predicted molar refractivity (Wildman–Crippen MR) is 155 cm³/mol. The number of rotatable bonds is 12. The zero-order valence-corrected chi connectivity index (χ0v) is 21.7. The highest BCUT2D eigenvalue weighted by molar-refractivity contribution is 6.45. The highest BCUT2D eigenvalue weighted by Crippen LogP contribution is 2.16. The lowest BCUT2D eigenvalue weighted by Gasteiger charge is -2.18. The summed E-state index contributed by atoms with van der Waals surface area (Å²) in [5.74, 6) is -0.781. The summed E-state index contributed by atoms with van der Waals surface area (Å²) in [6.45, 7) is 0.168. The molecule has 0 saturated carbocycles. The molecule has 4 rings (SSSR count). The van der Waals surface area contributed by atoms with Crippen LogP contribution in [-0.4, -0.2) is 23.6 Å². The van der Waals surface area contributed by atoms with Gasteiger partial charge in [0.1, 0.15) is 6.61 Å². The Bertz CT molecular complexity index is 1370. The molecule has 0 heterocycles. The van der Waals surface area contributed by atoms with Gasteiger partial charge in [0.2, 0.25) is 5.78 Å². The van der Waals surface area contributed by atoms with Crippen molar-refractivity contribution in [2.75, 3.05) is 0 Å². The van der Waals surface area contributed by atoms with Crippen LogP contribution in [0.15, 0.2) is 133 Å². The van der Waals surface area contributed by atoms with Crippen molar-refractivity contribution in [1.29, 1.82) is 5.41 Å². The highest BCUT2D eigenvalue weighted by atomic mass is 16.5. The fourth-order valence-electron chi connectivity index (χ4n) is 4.27. The molecule has 0 aromatic heterocycles. The highest BCUT2D eigenvalue weighted by Gasteiger charge is 2.22. The van der Waals surface area contributed by atoms with Gasteiger partial charge < -0.3 is 15.5 Å². The van der Waals surface area contributed by atoms with E-state index in [9.17, 15) is 9.59 Å². The third kappa shape index (κ3) is 8.64. The molecule has 0 radical (unpaired) electrons. The fraction of sp³-hybridized carbons (Fsp3) is 0.147. The number of allylic oxidation sites excluding steroid dienone is 1. The molecule has 4 aromatic rings. The van der Waals surface area contributed by atoms with Gasteiger partial charge in [-0.1, -0.05) is 133 Å². The van der Waals surface area contributed by atoms with Crippen LogP contribution in [0.1, 0.15) is 27.0 Å². The standard InChI is InChI=1S/C34H32N2O3/c35-32(33(37)29-19-11-4-12-20-29)30(23-26-13-5-1-6-14-26)21-22-31(24-27-15-7-2-8-16-27)36-34(38)39-25-28-17-9-3-10-18-28/h1-22,30-31,35H,23-25H2,(H,36,38)/b22-21+,35-32?/t30-,31-/m0/s1. The molecule has 5 nitrogen and oxygen atoms in total. The number of benzene rings is 4. The third-order valence-electron chi connectivity index (χ3n) is 6.34. The van der Waals surface area contributed by atoms with E-state index in [1.807, 2.05) is 109 Å². The molecule has 4 aromatic carbocycles. The number of alkyl carbamates (subject to hydrolysis) is 1. The molecule has 2 atom stereocenters. The molecular weight excluding hydrogens is 484 g/mol. The van der Waals surface area contributed by atoms with E-state index < -0.39 is 18.1 Å². The first kappa shape index (κ1) is 27.3. The van der Waals surface area contributed by atoms with E-state index in [-0.39, 0.29) is 18.1 Å². The number of carbonyl (C=O) groups is 2. The van der Waals surface area contributed by atoms with Gasteiger partial charge >= 0.3 is 6.09 Å². The van der Waals surface area contributed by atoms with Crippen LogP contribution in [-0.2, 0) is 24.2 Å². The second-order valence-corrected chi connectivity index (χ2v) is 9.29. The van der Waals surface area contributed by atoms with Crippen LogP contribution in [0.3, 0.4) is 0 Å². The Morgan fingerprint density at radius 3 is 1.72 bits per heavy atom. The Kier molecular flexibility index (Phi) is 9.96. The van der Waals surface area contributed by atoms with Gasteiger partial charge in [-0.25, -0.2) is 4.79 Å². The van der Waals surface area contributed by atoms with E-state index in [1.165, 1.54) is 0 Å². The van der Waals surface area contributed by atoms with Crippen LogP contribution in [0.25, 0.3) is 0 Å². The molecule has 0 saturated heterocycles. The molecule has 2 N–H and O–H groups in total. The number of ether oxygens (including phenoxy) is 1. The van der Waals surface area contributed by atoms with Crippen LogP contribution >= 0.6 is 0 Å². The SMILES string of the molecule is N=C(C(=O)c1ccccc1)[C@@H](/C=C/[C@@H](Cc1ccccc1)NC(=O)OCc1ccccc1)Cc1ccccc1. The first-order valence-electron chi connectivity index (χ1n) is 13.0. The van der Waals surface area contributed by atoms with Crippen molar-refractivity contribution in [2.24, 2.45) is 5.92 Å². The number of hydrogen-bond donors (Lipinski definition) is 2. The molecule has 0 unspecified atom stereocenters. The molecule has 0 aliphatic rings. The largest absolute Gasteiger partial charge is 0.445 e. The lowest BCUT2D eigenvalue weighted by atomic mass is 9.89. The van der Waals surface area contributed by atoms with Crippen molar-refractivity contribution in [2.45, 2.75) is 25.5 Å². The van der Waals surface area contributed by atoms with Gasteiger partial charge in [0.05, 0.1) is 11.8 Å². The zero-order chi connectivity index (χ0) is 27.3. The molecule has 39 heavy (non-hydrogen) atoms. The predicted octanol–water partition coefficient (Wildman–Crippen LogP) is 6.84. The summed E-state index contributed by atoms with van der Waals surface area (Å²) in [5.41, 5.74) is 3.46. The number of nitrogens with one attached hydrogen (secondary N) is 2. The maximum absolute atomic E-state index is 13.2. The molecule has 5 heteroatoms. The van der Waals surface area contributed by atoms with Gasteiger partial charge in [0, 0.05) is 11.5 Å². The van der Waals surface area contributed by atoms with Crippen LogP contribution in [0.4, 0.5) is 4.79 Å². The molecule has 196 valence electrons. The lowest BCUT2D eigenvalue weighted by molar-refractivity contribution is 0.106. The number of ketones is 1. The number of carbonyl (C=O) groups excluding carboxylic acids is 2. The van der Waals surface area contributed by atoms with E-state index in [1.54, 1.807) is 24.3 Å². The van der Waals surface area contributed by atoms with Crippen molar-refractivity contribution in [3.05, 3.63) is 156 Å². The van der Waals surface area contributed by atoms with Gasteiger partial charge in [0.15, 0.2) is 0 Å². The van der Waals surface area contributed by atoms with Gasteiger partial charge in [-0.05, 0) is 29.5 Å². The number of amides is 1. The van der Waals surface area contributed by atoms with Crippen LogP contribution < -0.4 is 5.32 Å². The van der Waals surface area contributed by atoms with Crippen molar-refractivity contribution in [3.8, 4) is 0 Å². The smallest absolute Gasteiger partial charge is 0.407 e. The van der Waals surface area contributed by atoms with Gasteiger partial charge in [-0.3, -0.25) is 4.79 Å². The van der Waals surface area contributed by atoms with Gasteiger partial charge in [-0.15, -0.1) is 0 Å². The summed E-state index contributed by atoms with van der Waals surface area (Å²) in [6, 6.07) is 37.7. The zero-order valence-electron chi connectivity index (χ0n) is 21.7. The first-order valence-corrected chi connectivity index (χ1v) is 13.0. The van der Waals surface area contributed by atoms with Crippen molar-refractivity contribution >= 4 is 17.6 Å². The van der Waals surface area contributed by atoms with E-state index in [0.717, 1.165) is 16.7 Å². The summed E-state index contributed by atoms with van der Waals surface area (Å²) in [6.07, 6.45) is 4.24. The molecule has 0 aliphatic carbocycles. The topological polar surface area (TPSA) is 79.3 Å². The summed E-state index contributed by atoms with van der Waals surface area (Å²) in [5, 5.41) is 11.7. The molecule has 0 fully saturated rings. The summed E-state index contributed by atoms with van der Waals surface area (Å²) < 4.78 is 5.46. The van der Waals surface area contributed by atoms with Crippen molar-refractivity contribution in [1.82, 2.24) is 5.32 Å². The van der Waals surface area contributed by atoms with Crippen LogP contribution in [0, 0.1) is 11.3 Å². The minimum absolute atomic E-state index is 0.00594. The second kappa shape index (κ2) is 14.2. The Morgan fingerprint density at radius 2 is 1.15 bits per heavy atom. The second-order valence-electron chi connectivity index (χ2n) is 9.29. The lowest BCUT2D eigenvalue weighted by Crippen LogP contribution is -2.36. The Hall–Kier alpha value is -4.77. The normalized spacial score (nSPS) is 12.4. The quantitative estimate of drug-likeness (QED) is 0.123. The molecule has 1 amide bonds. The molecule has 0 spiro atoms. The minimum Gasteiger partial charge on any atom is -0.445 e. The number of hydrogen-bond acceptors (Lipinski definition) is 4. The molecular formula is C34H32N2O3. The molecule has 0 bridgehead atoms. The number of Topliss-reactive ketones (excluding diaryl/α,β-unsaturated/α-hetero) is 1. The van der Waals surface area contributed by atoms with E-state index in [0.29, 0.717) is 18.4 Å². The Labute approximate surface area is 229 Å². The monoisotopic (exact) mass is 516 g/mol. The van der Waals surface area contributed by atoms with Crippen molar-refractivity contribution < 1.29 is 14.3 Å². The summed E-state index contributed by atoms with van der Waals surface area (Å²) >= 11 is 0. The Balaban J connectivity index is 1.53. The Morgan fingerprint density at radius 1 is 0.667 bits per heavy atom. The van der Waals surface area contributed by atoms with Gasteiger partial charge in [-0.2, -0.15) is 0 Å². The average Bonchev–Trinajstić information content (AvgIpc) is 2.99. The average molecular weight is 517 g/mol. The maximum Gasteiger partial charge on any atom is 0.407 e. The summed E-state index contributed by atoms with van der Waals surface area (Å²) in [7, 11) is 0. The maximum atomic E-state index is 13.2. The third-order valence-corrected chi connectivity index (χ3v) is 6.34. The van der Waals surface area contributed by atoms with Crippen LogP contribution in [0.5, 0.6) is 0 Å². The minimum atomic E-state index is -0.528. The summed E-state index contributed by atoms with van der Waals surface area (Å²) in [4.78, 5) is 25.9. The fourth-order valence-corrected chi connectivity index (χ4v) is 4.27. The molecule has 0 aliphatic heterocycles. The first-order chi connectivity index (χ1) is 19.1. The van der Waals surface area contributed by atoms with E-state index in [2.05, 4.69) is 5.32 Å².